The largest absolute Gasteiger partial charge is 0.271 e. The normalized spacial score (nSPS) is 17.7. The van der Waals surface area contributed by atoms with Gasteiger partial charge < -0.3 is 0 Å². The zero-order chi connectivity index (χ0) is 13.5. The van der Waals surface area contributed by atoms with Crippen LogP contribution in [0.1, 0.15) is 32.1 Å². The maximum absolute atomic E-state index is 13.6. The molecule has 0 heterocycles. The second-order valence-corrected chi connectivity index (χ2v) is 5.90. The van der Waals surface area contributed by atoms with Crippen LogP contribution in [0.2, 0.25) is 0 Å². The first kappa shape index (κ1) is 14.6. The van der Waals surface area contributed by atoms with Crippen molar-refractivity contribution in [1.29, 1.82) is 0 Å². The molecule has 1 aromatic rings. The monoisotopic (exact) mass is 280 g/mol. The first-order valence-corrected chi connectivity index (χ1v) is 7.82. The van der Waals surface area contributed by atoms with E-state index in [9.17, 15) is 4.39 Å². The summed E-state index contributed by atoms with van der Waals surface area (Å²) in [5, 5.41) is 0. The predicted octanol–water partition coefficient (Wildman–Crippen LogP) is 3.64. The van der Waals surface area contributed by atoms with E-state index in [-0.39, 0.29) is 11.9 Å². The lowest BCUT2D eigenvalue weighted by Gasteiger charge is -2.19. The van der Waals surface area contributed by atoms with Gasteiger partial charge in [0, 0.05) is 10.6 Å². The molecule has 0 spiro atoms. The van der Waals surface area contributed by atoms with Gasteiger partial charge in [-0.25, -0.2) is 4.39 Å². The molecule has 0 aliphatic heterocycles. The Morgan fingerprint density at radius 2 is 2.11 bits per heavy atom. The minimum atomic E-state index is -0.155. The van der Waals surface area contributed by atoms with Crippen LogP contribution < -0.4 is 11.3 Å². The molecular weight excluding hydrogens is 259 g/mol. The van der Waals surface area contributed by atoms with Gasteiger partial charge in [-0.05, 0) is 37.8 Å². The fourth-order valence-corrected chi connectivity index (χ4v) is 3.39. The van der Waals surface area contributed by atoms with Gasteiger partial charge >= 0.3 is 0 Å². The molecule has 2 rings (SSSR count). The number of nitrogens with two attached hydrogens (primary N) is 1. The molecule has 1 aromatic carbocycles. The fraction of sp³-hybridized carbons (Fsp3) is 0.467. The van der Waals surface area contributed by atoms with E-state index in [0.29, 0.717) is 4.90 Å². The number of halogens is 1. The van der Waals surface area contributed by atoms with Crippen molar-refractivity contribution in [3.8, 4) is 0 Å². The maximum atomic E-state index is 13.6. The van der Waals surface area contributed by atoms with E-state index >= 15 is 0 Å². The number of hydrogen-bond donors (Lipinski definition) is 2. The van der Waals surface area contributed by atoms with Crippen molar-refractivity contribution in [3.63, 3.8) is 0 Å². The number of hydrazine groups is 1. The Kier molecular flexibility index (Phi) is 5.89. The van der Waals surface area contributed by atoms with E-state index in [2.05, 4.69) is 11.5 Å². The van der Waals surface area contributed by atoms with Crippen molar-refractivity contribution in [1.82, 2.24) is 5.43 Å². The molecule has 3 N–H and O–H groups in total. The van der Waals surface area contributed by atoms with E-state index in [1.165, 1.54) is 42.7 Å². The van der Waals surface area contributed by atoms with Crippen molar-refractivity contribution in [2.75, 3.05) is 5.75 Å². The highest BCUT2D eigenvalue weighted by Gasteiger charge is 2.15. The summed E-state index contributed by atoms with van der Waals surface area (Å²) >= 11 is 1.52. The van der Waals surface area contributed by atoms with Crippen LogP contribution in [0.15, 0.2) is 40.8 Å². The number of allylic oxidation sites excluding steroid dienone is 1. The minimum absolute atomic E-state index is 0.141. The standard InChI is InChI=1S/C15H21FN2S/c16-13-9-5-6-10-15(13)19-11-14(18-17)12-7-3-1-2-4-8-12/h5-7,9-10,14,18H,1-4,8,11,17H2. The Bertz CT molecular complexity index is 434. The number of thioether (sulfide) groups is 1. The molecule has 0 amide bonds. The molecule has 104 valence electrons. The van der Waals surface area contributed by atoms with Crippen LogP contribution in [0.4, 0.5) is 4.39 Å². The van der Waals surface area contributed by atoms with Crippen LogP contribution in [-0.2, 0) is 0 Å². The molecule has 0 radical (unpaired) electrons. The molecule has 1 unspecified atom stereocenters. The third-order valence-corrected chi connectivity index (χ3v) is 4.61. The molecule has 0 bridgehead atoms. The highest BCUT2D eigenvalue weighted by Crippen LogP contribution is 2.26. The highest BCUT2D eigenvalue weighted by molar-refractivity contribution is 7.99. The number of benzene rings is 1. The predicted molar refractivity (Wildman–Crippen MR) is 79.4 cm³/mol. The summed E-state index contributed by atoms with van der Waals surface area (Å²) < 4.78 is 13.6. The van der Waals surface area contributed by atoms with E-state index in [4.69, 9.17) is 5.84 Å². The molecule has 4 heteroatoms. The Labute approximate surface area is 118 Å². The van der Waals surface area contributed by atoms with Crippen LogP contribution in [0.25, 0.3) is 0 Å². The topological polar surface area (TPSA) is 38.0 Å². The molecule has 1 aliphatic carbocycles. The van der Waals surface area contributed by atoms with Gasteiger partial charge in [-0.2, -0.15) is 0 Å². The third kappa shape index (κ3) is 4.34. The number of nitrogens with one attached hydrogen (secondary N) is 1. The summed E-state index contributed by atoms with van der Waals surface area (Å²) in [5.41, 5.74) is 4.26. The number of rotatable bonds is 5. The fourth-order valence-electron chi connectivity index (χ4n) is 2.35. The lowest BCUT2D eigenvalue weighted by atomic mass is 10.0. The molecule has 19 heavy (non-hydrogen) atoms. The van der Waals surface area contributed by atoms with Gasteiger partial charge in [0.05, 0.1) is 6.04 Å². The van der Waals surface area contributed by atoms with Gasteiger partial charge in [0.15, 0.2) is 0 Å². The summed E-state index contributed by atoms with van der Waals surface area (Å²) in [5.74, 6) is 6.27. The second kappa shape index (κ2) is 7.68. The van der Waals surface area contributed by atoms with Crippen molar-refractivity contribution in [2.24, 2.45) is 5.84 Å². The SMILES string of the molecule is NNC(CSc1ccccc1F)C1=CCCCCC1. The Balaban J connectivity index is 1.95. The van der Waals surface area contributed by atoms with E-state index in [1.807, 2.05) is 12.1 Å². The Hall–Kier alpha value is -0.840. The number of hydrogen-bond acceptors (Lipinski definition) is 3. The van der Waals surface area contributed by atoms with E-state index in [0.717, 1.165) is 18.6 Å². The van der Waals surface area contributed by atoms with Gasteiger partial charge in [0.25, 0.3) is 0 Å². The Morgan fingerprint density at radius 3 is 2.89 bits per heavy atom. The molecule has 2 nitrogen and oxygen atoms in total. The smallest absolute Gasteiger partial charge is 0.136 e. The molecule has 0 fully saturated rings. The second-order valence-electron chi connectivity index (χ2n) is 4.84. The molecule has 1 atom stereocenters. The average molecular weight is 280 g/mol. The summed E-state index contributed by atoms with van der Waals surface area (Å²) in [6, 6.07) is 7.03. The molecule has 0 saturated carbocycles. The van der Waals surface area contributed by atoms with Crippen LogP contribution in [0.3, 0.4) is 0 Å². The van der Waals surface area contributed by atoms with Gasteiger partial charge in [-0.1, -0.05) is 30.2 Å². The first-order chi connectivity index (χ1) is 9.31. The molecule has 0 aromatic heterocycles. The quantitative estimate of drug-likeness (QED) is 0.374. The summed E-state index contributed by atoms with van der Waals surface area (Å²) in [6.07, 6.45) is 8.33. The van der Waals surface area contributed by atoms with Gasteiger partial charge in [-0.3, -0.25) is 11.3 Å². The third-order valence-electron chi connectivity index (χ3n) is 3.47. The van der Waals surface area contributed by atoms with Gasteiger partial charge in [0.2, 0.25) is 0 Å². The van der Waals surface area contributed by atoms with Crippen LogP contribution >= 0.6 is 11.8 Å². The van der Waals surface area contributed by atoms with Crippen LogP contribution in [0.5, 0.6) is 0 Å². The minimum Gasteiger partial charge on any atom is -0.271 e. The summed E-state index contributed by atoms with van der Waals surface area (Å²) in [6.45, 7) is 0. The molecule has 1 aliphatic rings. The zero-order valence-corrected chi connectivity index (χ0v) is 11.9. The lowest BCUT2D eigenvalue weighted by molar-refractivity contribution is 0.598. The van der Waals surface area contributed by atoms with Crippen molar-refractivity contribution >= 4 is 11.8 Å². The lowest BCUT2D eigenvalue weighted by Crippen LogP contribution is -2.38. The highest BCUT2D eigenvalue weighted by atomic mass is 32.2. The molecular formula is C15H21FN2S. The van der Waals surface area contributed by atoms with Crippen molar-refractivity contribution < 1.29 is 4.39 Å². The van der Waals surface area contributed by atoms with Gasteiger partial charge in [-0.15, -0.1) is 11.8 Å². The van der Waals surface area contributed by atoms with Gasteiger partial charge in [0.1, 0.15) is 5.82 Å². The Morgan fingerprint density at radius 1 is 1.26 bits per heavy atom. The van der Waals surface area contributed by atoms with Crippen LogP contribution in [-0.4, -0.2) is 11.8 Å². The van der Waals surface area contributed by atoms with Crippen molar-refractivity contribution in [2.45, 2.75) is 43.0 Å². The summed E-state index contributed by atoms with van der Waals surface area (Å²) in [4.78, 5) is 0.692. The van der Waals surface area contributed by atoms with Crippen molar-refractivity contribution in [3.05, 3.63) is 41.7 Å². The average Bonchev–Trinajstić information content (AvgIpc) is 2.71. The first-order valence-electron chi connectivity index (χ1n) is 6.83. The molecule has 0 saturated heterocycles. The van der Waals surface area contributed by atoms with Crippen LogP contribution in [0, 0.1) is 5.82 Å². The zero-order valence-electron chi connectivity index (χ0n) is 11.1. The van der Waals surface area contributed by atoms with E-state index < -0.39 is 0 Å². The maximum Gasteiger partial charge on any atom is 0.136 e. The summed E-state index contributed by atoms with van der Waals surface area (Å²) in [7, 11) is 0. The van der Waals surface area contributed by atoms with E-state index in [1.54, 1.807) is 6.07 Å².